The van der Waals surface area contributed by atoms with Gasteiger partial charge in [-0.3, -0.25) is 5.10 Å². The number of H-pyrrole nitrogens is 1. The van der Waals surface area contributed by atoms with Crippen LogP contribution in [0.5, 0.6) is 11.5 Å². The quantitative estimate of drug-likeness (QED) is 0.302. The number of carbonyl (C=O) groups is 1. The molecule has 0 saturated carbocycles. The summed E-state index contributed by atoms with van der Waals surface area (Å²) in [6, 6.07) is 16.9. The fourth-order valence-corrected chi connectivity index (χ4v) is 3.43. The van der Waals surface area contributed by atoms with Crippen molar-refractivity contribution in [2.45, 2.75) is 6.92 Å². The highest BCUT2D eigenvalue weighted by atomic mass is 16.5. The monoisotopic (exact) mass is 446 g/mol. The summed E-state index contributed by atoms with van der Waals surface area (Å²) in [5, 5.41) is 16.2. The number of hydrogen-bond acceptors (Lipinski definition) is 6. The van der Waals surface area contributed by atoms with Gasteiger partial charge in [0.05, 0.1) is 25.4 Å². The molecule has 0 unspecified atom stereocenters. The Bertz CT molecular complexity index is 1270. The van der Waals surface area contributed by atoms with E-state index in [0.29, 0.717) is 35.9 Å². The Morgan fingerprint density at radius 1 is 1.00 bits per heavy atom. The molecule has 0 bridgehead atoms. The number of hydrogen-bond donors (Lipinski definition) is 4. The Hall–Kier alpha value is -4.27. The number of nitrogens with one attached hydrogen (secondary N) is 4. The number of anilines is 2. The lowest BCUT2D eigenvalue weighted by atomic mass is 10.1. The molecular weight excluding hydrogens is 420 g/mol. The predicted molar refractivity (Wildman–Crippen MR) is 129 cm³/mol. The molecular formula is C24H26N6O3. The van der Waals surface area contributed by atoms with Crippen molar-refractivity contribution >= 4 is 28.6 Å². The van der Waals surface area contributed by atoms with E-state index in [0.717, 1.165) is 28.0 Å². The number of rotatable bonds is 8. The smallest absolute Gasteiger partial charge is 0.319 e. The molecule has 0 spiro atoms. The topological polar surface area (TPSA) is 113 Å². The molecule has 0 radical (unpaired) electrons. The van der Waals surface area contributed by atoms with E-state index in [-0.39, 0.29) is 6.03 Å². The van der Waals surface area contributed by atoms with Gasteiger partial charge >= 0.3 is 6.03 Å². The molecule has 0 aliphatic heterocycles. The van der Waals surface area contributed by atoms with Gasteiger partial charge in [-0.1, -0.05) is 12.1 Å². The average molecular weight is 447 g/mol. The molecule has 9 nitrogen and oxygen atoms in total. The first-order valence-electron chi connectivity index (χ1n) is 10.5. The molecule has 170 valence electrons. The molecule has 33 heavy (non-hydrogen) atoms. The zero-order valence-corrected chi connectivity index (χ0v) is 18.7. The van der Waals surface area contributed by atoms with E-state index < -0.39 is 0 Å². The second-order valence-electron chi connectivity index (χ2n) is 7.41. The van der Waals surface area contributed by atoms with E-state index in [1.807, 2.05) is 61.5 Å². The fraction of sp³-hybridized carbons (Fsp3) is 0.208. The van der Waals surface area contributed by atoms with Crippen LogP contribution in [0.2, 0.25) is 0 Å². The highest BCUT2D eigenvalue weighted by Crippen LogP contribution is 2.32. The van der Waals surface area contributed by atoms with Gasteiger partial charge in [-0.25, -0.2) is 9.78 Å². The van der Waals surface area contributed by atoms with Gasteiger partial charge in [0.1, 0.15) is 5.52 Å². The van der Waals surface area contributed by atoms with Crippen molar-refractivity contribution < 1.29 is 14.3 Å². The third-order valence-corrected chi connectivity index (χ3v) is 5.07. The lowest BCUT2D eigenvalue weighted by molar-refractivity contribution is 0.252. The molecule has 4 N–H and O–H groups in total. The van der Waals surface area contributed by atoms with Gasteiger partial charge in [-0.15, -0.1) is 0 Å². The molecule has 0 fully saturated rings. The van der Waals surface area contributed by atoms with Crippen molar-refractivity contribution in [2.24, 2.45) is 0 Å². The predicted octanol–water partition coefficient (Wildman–Crippen LogP) is 4.18. The Morgan fingerprint density at radius 2 is 1.85 bits per heavy atom. The molecule has 2 aromatic carbocycles. The van der Waals surface area contributed by atoms with Gasteiger partial charge in [-0.05, 0) is 55.0 Å². The fourth-order valence-electron chi connectivity index (χ4n) is 3.43. The van der Waals surface area contributed by atoms with Crippen LogP contribution in [0.25, 0.3) is 22.3 Å². The first kappa shape index (κ1) is 21.9. The van der Waals surface area contributed by atoms with Crippen molar-refractivity contribution in [3.63, 3.8) is 0 Å². The highest BCUT2D eigenvalue weighted by Gasteiger charge is 2.11. The summed E-state index contributed by atoms with van der Waals surface area (Å²) in [6.45, 7) is 2.89. The number of methoxy groups -OCH3 is 2. The summed E-state index contributed by atoms with van der Waals surface area (Å²) in [5.41, 5.74) is 5.04. The Kier molecular flexibility index (Phi) is 6.58. The second kappa shape index (κ2) is 9.90. The number of ether oxygens (including phenoxy) is 2. The van der Waals surface area contributed by atoms with Gasteiger partial charge in [0.2, 0.25) is 0 Å². The minimum absolute atomic E-state index is 0.261. The highest BCUT2D eigenvalue weighted by molar-refractivity contribution is 5.89. The largest absolute Gasteiger partial charge is 0.493 e. The van der Waals surface area contributed by atoms with Crippen molar-refractivity contribution in [2.75, 3.05) is 37.9 Å². The molecule has 2 aromatic heterocycles. The number of pyridine rings is 1. The van der Waals surface area contributed by atoms with Gasteiger partial charge < -0.3 is 25.4 Å². The third-order valence-electron chi connectivity index (χ3n) is 5.07. The van der Waals surface area contributed by atoms with Crippen molar-refractivity contribution in [1.82, 2.24) is 20.5 Å². The summed E-state index contributed by atoms with van der Waals surface area (Å²) in [7, 11) is 3.21. The number of amides is 2. The number of nitrogens with zero attached hydrogens (tertiary/aromatic N) is 2. The number of aryl methyl sites for hydroxylation is 1. The maximum Gasteiger partial charge on any atom is 0.319 e. The van der Waals surface area contributed by atoms with Crippen LogP contribution in [0.3, 0.4) is 0 Å². The third kappa shape index (κ3) is 5.15. The maximum atomic E-state index is 12.1. The zero-order chi connectivity index (χ0) is 23.2. The Balaban J connectivity index is 1.39. The normalized spacial score (nSPS) is 10.6. The van der Waals surface area contributed by atoms with E-state index in [9.17, 15) is 4.79 Å². The number of benzene rings is 2. The molecule has 2 amide bonds. The number of urea groups is 1. The second-order valence-corrected chi connectivity index (χ2v) is 7.41. The molecule has 2 heterocycles. The molecule has 0 saturated heterocycles. The zero-order valence-electron chi connectivity index (χ0n) is 18.7. The minimum atomic E-state index is -0.261. The van der Waals surface area contributed by atoms with E-state index in [2.05, 4.69) is 26.1 Å². The van der Waals surface area contributed by atoms with Crippen molar-refractivity contribution in [3.05, 3.63) is 60.2 Å². The van der Waals surface area contributed by atoms with E-state index in [4.69, 9.17) is 14.5 Å². The number of aromatic nitrogens is 3. The molecule has 0 atom stereocenters. The minimum Gasteiger partial charge on any atom is -0.493 e. The van der Waals surface area contributed by atoms with Gasteiger partial charge in [0, 0.05) is 24.3 Å². The van der Waals surface area contributed by atoms with Crippen LogP contribution in [0, 0.1) is 6.92 Å². The maximum absolute atomic E-state index is 12.1. The first-order valence-corrected chi connectivity index (χ1v) is 10.5. The summed E-state index contributed by atoms with van der Waals surface area (Å²) in [4.78, 5) is 16.9. The Morgan fingerprint density at radius 3 is 2.64 bits per heavy atom. The van der Waals surface area contributed by atoms with Gasteiger partial charge in [0.15, 0.2) is 17.3 Å². The molecule has 0 aliphatic rings. The lowest BCUT2D eigenvalue weighted by Gasteiger charge is -2.10. The number of aromatic amines is 1. The van der Waals surface area contributed by atoms with E-state index in [1.54, 1.807) is 14.2 Å². The molecule has 4 aromatic rings. The summed E-state index contributed by atoms with van der Waals surface area (Å²) in [6.07, 6.45) is 0. The molecule has 9 heteroatoms. The summed E-state index contributed by atoms with van der Waals surface area (Å²) >= 11 is 0. The number of fused-ring (bicyclic) bond motifs is 1. The van der Waals surface area contributed by atoms with Crippen LogP contribution in [0.15, 0.2) is 54.6 Å². The standard InChI is InChI=1S/C24H26N6O3/c1-15-5-4-6-17(13-15)27-24(31)26-12-11-25-23-22-19(29-30-23)9-8-18(28-22)16-7-10-20(32-2)21(14-16)33-3/h4-10,13-14H,11-12H2,1-3H3,(H2,25,29,30)(H2,26,27,31). The van der Waals surface area contributed by atoms with Crippen LogP contribution in [0.1, 0.15) is 5.56 Å². The van der Waals surface area contributed by atoms with E-state index >= 15 is 0 Å². The van der Waals surface area contributed by atoms with Gasteiger partial charge in [-0.2, -0.15) is 5.10 Å². The van der Waals surface area contributed by atoms with Crippen LogP contribution < -0.4 is 25.4 Å². The Labute approximate surface area is 191 Å². The summed E-state index contributed by atoms with van der Waals surface area (Å²) < 4.78 is 10.7. The molecule has 4 rings (SSSR count). The lowest BCUT2D eigenvalue weighted by Crippen LogP contribution is -2.32. The average Bonchev–Trinajstić information content (AvgIpc) is 3.23. The van der Waals surface area contributed by atoms with E-state index in [1.165, 1.54) is 0 Å². The SMILES string of the molecule is COc1ccc(-c2ccc3[nH]nc(NCCNC(=O)Nc4cccc(C)c4)c3n2)cc1OC. The van der Waals surface area contributed by atoms with Crippen LogP contribution in [-0.2, 0) is 0 Å². The van der Waals surface area contributed by atoms with Crippen LogP contribution in [0.4, 0.5) is 16.3 Å². The van der Waals surface area contributed by atoms with Crippen molar-refractivity contribution in [1.29, 1.82) is 0 Å². The summed E-state index contributed by atoms with van der Waals surface area (Å²) in [5.74, 6) is 1.91. The van der Waals surface area contributed by atoms with Gasteiger partial charge in [0.25, 0.3) is 0 Å². The molecule has 0 aliphatic carbocycles. The van der Waals surface area contributed by atoms with Crippen LogP contribution in [-0.4, -0.2) is 48.5 Å². The number of carbonyl (C=O) groups excluding carboxylic acids is 1. The van der Waals surface area contributed by atoms with Crippen molar-refractivity contribution in [3.8, 4) is 22.8 Å². The first-order chi connectivity index (χ1) is 16.1. The van der Waals surface area contributed by atoms with Crippen LogP contribution >= 0.6 is 0 Å².